The number of carbonyl (C=O) groups excluding carboxylic acids is 1. The van der Waals surface area contributed by atoms with E-state index in [4.69, 9.17) is 15.2 Å². The lowest BCUT2D eigenvalue weighted by Gasteiger charge is -2.38. The van der Waals surface area contributed by atoms with Crippen LogP contribution in [0, 0.1) is 0 Å². The number of rotatable bonds is 3. The van der Waals surface area contributed by atoms with Crippen molar-refractivity contribution in [3.05, 3.63) is 34.9 Å². The third-order valence-corrected chi connectivity index (χ3v) is 4.50. The van der Waals surface area contributed by atoms with Crippen LogP contribution in [0.2, 0.25) is 0 Å². The summed E-state index contributed by atoms with van der Waals surface area (Å²) >= 11 is 0. The second-order valence-electron chi connectivity index (χ2n) is 5.75. The Morgan fingerprint density at radius 2 is 2.24 bits per heavy atom. The molecule has 0 bridgehead atoms. The second-order valence-corrected chi connectivity index (χ2v) is 5.75. The van der Waals surface area contributed by atoms with E-state index in [9.17, 15) is 4.79 Å². The number of methoxy groups -OCH3 is 1. The summed E-state index contributed by atoms with van der Waals surface area (Å²) in [4.78, 5) is 14.6. The quantitative estimate of drug-likeness (QED) is 0.911. The molecule has 1 amide bonds. The van der Waals surface area contributed by atoms with Crippen molar-refractivity contribution in [3.63, 3.8) is 0 Å². The van der Waals surface area contributed by atoms with Gasteiger partial charge in [-0.15, -0.1) is 0 Å². The highest BCUT2D eigenvalue weighted by atomic mass is 16.5. The Balaban J connectivity index is 1.78. The molecule has 0 aromatic heterocycles. The molecule has 0 saturated carbocycles. The monoisotopic (exact) mass is 290 g/mol. The van der Waals surface area contributed by atoms with Crippen molar-refractivity contribution in [2.75, 3.05) is 20.2 Å². The molecule has 21 heavy (non-hydrogen) atoms. The van der Waals surface area contributed by atoms with E-state index in [0.29, 0.717) is 26.3 Å². The first kappa shape index (κ1) is 14.5. The maximum atomic E-state index is 12.8. The summed E-state index contributed by atoms with van der Waals surface area (Å²) < 4.78 is 10.8. The van der Waals surface area contributed by atoms with Crippen molar-refractivity contribution >= 4 is 5.91 Å². The molecule has 2 unspecified atom stereocenters. The minimum absolute atomic E-state index is 0.0562. The lowest BCUT2D eigenvalue weighted by Crippen LogP contribution is -2.51. The van der Waals surface area contributed by atoms with Crippen LogP contribution < -0.4 is 5.73 Å². The largest absolute Gasteiger partial charge is 0.381 e. The molecule has 0 spiro atoms. The average Bonchev–Trinajstić information content (AvgIpc) is 3.01. The van der Waals surface area contributed by atoms with Gasteiger partial charge >= 0.3 is 0 Å². The fraction of sp³-hybridized carbons (Fsp3) is 0.562. The van der Waals surface area contributed by atoms with Crippen LogP contribution in [-0.2, 0) is 22.7 Å². The molecule has 2 heterocycles. The number of nitrogens with two attached hydrogens (primary N) is 1. The predicted molar refractivity (Wildman–Crippen MR) is 78.8 cm³/mol. The van der Waals surface area contributed by atoms with Crippen molar-refractivity contribution in [3.8, 4) is 0 Å². The average molecular weight is 290 g/mol. The van der Waals surface area contributed by atoms with Crippen LogP contribution in [0.25, 0.3) is 0 Å². The number of carbonyl (C=O) groups is 1. The molecule has 1 aromatic rings. The zero-order valence-electron chi connectivity index (χ0n) is 12.4. The molecule has 3 rings (SSSR count). The van der Waals surface area contributed by atoms with Gasteiger partial charge in [0, 0.05) is 31.8 Å². The molecule has 114 valence electrons. The van der Waals surface area contributed by atoms with Crippen molar-refractivity contribution in [2.24, 2.45) is 5.73 Å². The van der Waals surface area contributed by atoms with Crippen LogP contribution in [0.1, 0.15) is 34.3 Å². The Hall–Kier alpha value is -1.43. The molecule has 2 atom stereocenters. The normalized spacial score (nSPS) is 25.0. The van der Waals surface area contributed by atoms with E-state index in [-0.39, 0.29) is 18.1 Å². The van der Waals surface area contributed by atoms with Gasteiger partial charge in [0.25, 0.3) is 5.91 Å². The highest BCUT2D eigenvalue weighted by molar-refractivity contribution is 5.94. The number of hydrogen-bond acceptors (Lipinski definition) is 4. The number of amides is 1. The number of fused-ring (bicyclic) bond motifs is 1. The molecule has 2 N–H and O–H groups in total. The summed E-state index contributed by atoms with van der Waals surface area (Å²) in [7, 11) is 1.72. The lowest BCUT2D eigenvalue weighted by molar-refractivity contribution is 0.0139. The molecule has 2 aliphatic heterocycles. The number of hydrogen-bond donors (Lipinski definition) is 1. The first-order valence-corrected chi connectivity index (χ1v) is 7.46. The van der Waals surface area contributed by atoms with E-state index >= 15 is 0 Å². The summed E-state index contributed by atoms with van der Waals surface area (Å²) in [6.07, 6.45) is 1.88. The maximum Gasteiger partial charge on any atom is 0.254 e. The van der Waals surface area contributed by atoms with Gasteiger partial charge < -0.3 is 20.1 Å². The van der Waals surface area contributed by atoms with E-state index in [1.54, 1.807) is 7.11 Å². The van der Waals surface area contributed by atoms with Gasteiger partial charge in [-0.05, 0) is 36.1 Å². The number of piperidine rings is 1. The minimum atomic E-state index is 0.0562. The standard InChI is InChI=1S/C16H22N2O3/c1-20-15-4-5-18(14(7-15)8-17)16(19)11-2-3-12-9-21-10-13(12)6-11/h2-3,6,14-15H,4-5,7-10,17H2,1H3. The smallest absolute Gasteiger partial charge is 0.254 e. The summed E-state index contributed by atoms with van der Waals surface area (Å²) in [5, 5.41) is 0. The third kappa shape index (κ3) is 2.81. The molecule has 5 heteroatoms. The molecule has 1 saturated heterocycles. The Bertz CT molecular complexity index is 532. The van der Waals surface area contributed by atoms with E-state index in [1.807, 2.05) is 23.1 Å². The van der Waals surface area contributed by atoms with Crippen molar-refractivity contribution in [1.82, 2.24) is 4.90 Å². The molecule has 1 fully saturated rings. The lowest BCUT2D eigenvalue weighted by atomic mass is 9.97. The second kappa shape index (κ2) is 6.13. The predicted octanol–water partition coefficient (Wildman–Crippen LogP) is 1.30. The number of nitrogens with zero attached hydrogens (tertiary/aromatic N) is 1. The summed E-state index contributed by atoms with van der Waals surface area (Å²) in [5.74, 6) is 0.0645. The third-order valence-electron chi connectivity index (χ3n) is 4.50. The van der Waals surface area contributed by atoms with Gasteiger partial charge in [-0.2, -0.15) is 0 Å². The van der Waals surface area contributed by atoms with Gasteiger partial charge in [-0.25, -0.2) is 0 Å². The van der Waals surface area contributed by atoms with Crippen LogP contribution in [0.5, 0.6) is 0 Å². The van der Waals surface area contributed by atoms with Crippen molar-refractivity contribution in [2.45, 2.75) is 38.2 Å². The number of likely N-dealkylation sites (tertiary alicyclic amines) is 1. The van der Waals surface area contributed by atoms with Gasteiger partial charge in [-0.3, -0.25) is 4.79 Å². The molecular weight excluding hydrogens is 268 g/mol. The van der Waals surface area contributed by atoms with Gasteiger partial charge in [-0.1, -0.05) is 6.07 Å². The first-order chi connectivity index (χ1) is 10.2. The fourth-order valence-electron chi connectivity index (χ4n) is 3.19. The van der Waals surface area contributed by atoms with Gasteiger partial charge in [0.05, 0.1) is 19.3 Å². The number of ether oxygens (including phenoxy) is 2. The zero-order chi connectivity index (χ0) is 14.8. The summed E-state index contributed by atoms with van der Waals surface area (Å²) in [5.41, 5.74) is 8.88. The SMILES string of the molecule is COC1CCN(C(=O)c2ccc3c(c2)COC3)C(CN)C1. The van der Waals surface area contributed by atoms with E-state index in [2.05, 4.69) is 0 Å². The number of benzene rings is 1. The molecule has 5 nitrogen and oxygen atoms in total. The highest BCUT2D eigenvalue weighted by Crippen LogP contribution is 2.24. The molecular formula is C16H22N2O3. The highest BCUT2D eigenvalue weighted by Gasteiger charge is 2.31. The van der Waals surface area contributed by atoms with Crippen LogP contribution in [-0.4, -0.2) is 43.2 Å². The van der Waals surface area contributed by atoms with Crippen molar-refractivity contribution < 1.29 is 14.3 Å². The Kier molecular flexibility index (Phi) is 4.24. The minimum Gasteiger partial charge on any atom is -0.381 e. The van der Waals surface area contributed by atoms with Crippen LogP contribution in [0.3, 0.4) is 0 Å². The Morgan fingerprint density at radius 1 is 1.43 bits per heavy atom. The molecule has 0 aliphatic carbocycles. The van der Waals surface area contributed by atoms with Crippen LogP contribution >= 0.6 is 0 Å². The fourth-order valence-corrected chi connectivity index (χ4v) is 3.19. The van der Waals surface area contributed by atoms with Gasteiger partial charge in [0.2, 0.25) is 0 Å². The van der Waals surface area contributed by atoms with Gasteiger partial charge in [0.15, 0.2) is 0 Å². The van der Waals surface area contributed by atoms with Crippen LogP contribution in [0.4, 0.5) is 0 Å². The van der Waals surface area contributed by atoms with E-state index in [0.717, 1.165) is 24.0 Å². The maximum absolute atomic E-state index is 12.8. The first-order valence-electron chi connectivity index (χ1n) is 7.46. The Morgan fingerprint density at radius 3 is 3.00 bits per heavy atom. The van der Waals surface area contributed by atoms with E-state index < -0.39 is 0 Å². The topological polar surface area (TPSA) is 64.8 Å². The molecule has 1 aromatic carbocycles. The zero-order valence-corrected chi connectivity index (χ0v) is 12.4. The summed E-state index contributed by atoms with van der Waals surface area (Å²) in [6.45, 7) is 2.42. The Labute approximate surface area is 125 Å². The summed E-state index contributed by atoms with van der Waals surface area (Å²) in [6, 6.07) is 5.90. The van der Waals surface area contributed by atoms with Crippen molar-refractivity contribution in [1.29, 1.82) is 0 Å². The van der Waals surface area contributed by atoms with E-state index in [1.165, 1.54) is 5.56 Å². The van der Waals surface area contributed by atoms with Gasteiger partial charge in [0.1, 0.15) is 0 Å². The van der Waals surface area contributed by atoms with Crippen LogP contribution in [0.15, 0.2) is 18.2 Å². The molecule has 2 aliphatic rings. The molecule has 0 radical (unpaired) electrons.